The number of hydrogen-bond acceptors (Lipinski definition) is 7. The average molecular weight is 395 g/mol. The molecule has 1 N–H and O–H groups in total. The molecule has 0 aliphatic carbocycles. The van der Waals surface area contributed by atoms with Crippen molar-refractivity contribution in [3.63, 3.8) is 0 Å². The lowest BCUT2D eigenvalue weighted by atomic mass is 10.2. The maximum atomic E-state index is 12.4. The Bertz CT molecular complexity index is 1120. The van der Waals surface area contributed by atoms with Crippen LogP contribution in [0.4, 0.5) is 5.69 Å². The number of ether oxygens (including phenoxy) is 3. The monoisotopic (exact) mass is 395 g/mol. The first-order valence-electron chi connectivity index (χ1n) is 8.79. The molecule has 0 saturated heterocycles. The number of esters is 1. The van der Waals surface area contributed by atoms with Crippen LogP contribution < -0.4 is 9.47 Å². The molecule has 2 aromatic carbocycles. The van der Waals surface area contributed by atoms with Crippen molar-refractivity contribution in [1.82, 2.24) is 4.57 Å². The molecular weight excluding hydrogens is 378 g/mol. The van der Waals surface area contributed by atoms with Crippen LogP contribution in [0.1, 0.15) is 0 Å². The molecule has 0 spiro atoms. The van der Waals surface area contributed by atoms with E-state index in [0.717, 1.165) is 0 Å². The van der Waals surface area contributed by atoms with Gasteiger partial charge in [-0.25, -0.2) is 0 Å². The lowest BCUT2D eigenvalue weighted by molar-refractivity contribution is -0.141. The van der Waals surface area contributed by atoms with Gasteiger partial charge in [0.1, 0.15) is 13.2 Å². The number of fused-ring (bicyclic) bond motifs is 2. The van der Waals surface area contributed by atoms with Crippen LogP contribution in [-0.2, 0) is 20.9 Å². The summed E-state index contributed by atoms with van der Waals surface area (Å²) >= 11 is 0. The van der Waals surface area contributed by atoms with E-state index >= 15 is 0 Å². The summed E-state index contributed by atoms with van der Waals surface area (Å²) in [6, 6.07) is 13.9. The van der Waals surface area contributed by atoms with Gasteiger partial charge in [0.25, 0.3) is 0 Å². The number of para-hydroxylation sites is 3. The Balaban J connectivity index is 1.61. The highest BCUT2D eigenvalue weighted by atomic mass is 16.6. The molecule has 3 aromatic rings. The molecule has 0 radical (unpaired) electrons. The third kappa shape index (κ3) is 3.49. The second kappa shape index (κ2) is 7.63. The summed E-state index contributed by atoms with van der Waals surface area (Å²) in [7, 11) is 1.26. The number of aromatic nitrogens is 1. The second-order valence-corrected chi connectivity index (χ2v) is 6.25. The van der Waals surface area contributed by atoms with Gasteiger partial charge in [-0.3, -0.25) is 14.2 Å². The van der Waals surface area contributed by atoms with E-state index in [1.54, 1.807) is 48.5 Å². The van der Waals surface area contributed by atoms with Crippen molar-refractivity contribution in [3.8, 4) is 17.4 Å². The summed E-state index contributed by atoms with van der Waals surface area (Å²) < 4.78 is 17.1. The highest BCUT2D eigenvalue weighted by Crippen LogP contribution is 2.39. The van der Waals surface area contributed by atoms with Gasteiger partial charge in [0.15, 0.2) is 17.2 Å². The van der Waals surface area contributed by atoms with Crippen molar-refractivity contribution < 1.29 is 28.9 Å². The molecule has 1 aliphatic rings. The highest BCUT2D eigenvalue weighted by molar-refractivity contribution is 5.96. The van der Waals surface area contributed by atoms with Crippen molar-refractivity contribution >= 4 is 28.5 Å². The maximum absolute atomic E-state index is 12.4. The Hall–Kier alpha value is -3.88. The Morgan fingerprint density at radius 2 is 1.90 bits per heavy atom. The minimum absolute atomic E-state index is 0.00491. The summed E-state index contributed by atoms with van der Waals surface area (Å²) in [6.45, 7) is -0.201. The Morgan fingerprint density at radius 3 is 2.69 bits per heavy atom. The quantitative estimate of drug-likeness (QED) is 0.537. The fourth-order valence-electron chi connectivity index (χ4n) is 3.03. The molecule has 1 aromatic heterocycles. The number of azo groups is 1. The molecule has 1 aliphatic heterocycles. The van der Waals surface area contributed by atoms with Gasteiger partial charge >= 0.3 is 11.9 Å². The number of aromatic hydroxyl groups is 1. The van der Waals surface area contributed by atoms with Crippen molar-refractivity contribution in [3.05, 3.63) is 48.5 Å². The average Bonchev–Trinajstić information content (AvgIpc) is 3.02. The lowest BCUT2D eigenvalue weighted by Crippen LogP contribution is -2.35. The van der Waals surface area contributed by atoms with Crippen molar-refractivity contribution in [2.45, 2.75) is 12.6 Å². The Labute approximate surface area is 165 Å². The van der Waals surface area contributed by atoms with Crippen molar-refractivity contribution in [2.75, 3.05) is 13.7 Å². The van der Waals surface area contributed by atoms with Crippen molar-refractivity contribution in [2.24, 2.45) is 10.2 Å². The molecule has 4 rings (SSSR count). The molecule has 29 heavy (non-hydrogen) atoms. The largest absolute Gasteiger partial charge is 0.493 e. The van der Waals surface area contributed by atoms with Crippen LogP contribution in [0.2, 0.25) is 0 Å². The number of rotatable bonds is 4. The lowest BCUT2D eigenvalue weighted by Gasteiger charge is -2.23. The van der Waals surface area contributed by atoms with E-state index in [1.165, 1.54) is 11.7 Å². The highest BCUT2D eigenvalue weighted by Gasteiger charge is 2.28. The first-order chi connectivity index (χ1) is 14.1. The molecule has 1 amide bonds. The smallest absolute Gasteiger partial charge is 0.325 e. The number of benzene rings is 2. The van der Waals surface area contributed by atoms with Crippen LogP contribution in [0, 0.1) is 0 Å². The fourth-order valence-corrected chi connectivity index (χ4v) is 3.03. The number of carbonyl (C=O) groups is 2. The predicted molar refractivity (Wildman–Crippen MR) is 101 cm³/mol. The number of methoxy groups -OCH3 is 1. The van der Waals surface area contributed by atoms with Gasteiger partial charge in [0.05, 0.1) is 12.6 Å². The first kappa shape index (κ1) is 18.5. The van der Waals surface area contributed by atoms with Gasteiger partial charge in [-0.15, -0.1) is 10.2 Å². The van der Waals surface area contributed by atoms with E-state index in [4.69, 9.17) is 9.47 Å². The van der Waals surface area contributed by atoms with E-state index in [9.17, 15) is 14.7 Å². The molecule has 0 saturated carbocycles. The van der Waals surface area contributed by atoms with Crippen LogP contribution in [0.3, 0.4) is 0 Å². The Kier molecular flexibility index (Phi) is 4.86. The van der Waals surface area contributed by atoms with Gasteiger partial charge in [-0.2, -0.15) is 0 Å². The van der Waals surface area contributed by atoms with Gasteiger partial charge in [-0.1, -0.05) is 30.3 Å². The second-order valence-electron chi connectivity index (χ2n) is 6.25. The van der Waals surface area contributed by atoms with Gasteiger partial charge in [-0.05, 0) is 18.2 Å². The molecular formula is C20H17N3O6. The number of carbonyl (C=O) groups excluding carboxylic acids is 2. The molecule has 148 valence electrons. The summed E-state index contributed by atoms with van der Waals surface area (Å²) in [4.78, 5) is 24.1. The van der Waals surface area contributed by atoms with E-state index < -0.39 is 18.0 Å². The Morgan fingerprint density at radius 1 is 1.17 bits per heavy atom. The zero-order valence-corrected chi connectivity index (χ0v) is 15.4. The predicted octanol–water partition coefficient (Wildman–Crippen LogP) is 2.97. The van der Waals surface area contributed by atoms with E-state index in [2.05, 4.69) is 15.0 Å². The molecule has 9 heteroatoms. The van der Waals surface area contributed by atoms with Crippen LogP contribution in [0.25, 0.3) is 10.9 Å². The fraction of sp³-hybridized carbons (Fsp3) is 0.200. The zero-order chi connectivity index (χ0) is 20.4. The van der Waals surface area contributed by atoms with Crippen molar-refractivity contribution in [1.29, 1.82) is 0 Å². The van der Waals surface area contributed by atoms with E-state index in [1.807, 2.05) is 0 Å². The van der Waals surface area contributed by atoms with E-state index in [0.29, 0.717) is 22.4 Å². The van der Waals surface area contributed by atoms with Crippen LogP contribution in [0.15, 0.2) is 58.8 Å². The molecule has 9 nitrogen and oxygen atoms in total. The maximum Gasteiger partial charge on any atom is 0.325 e. The molecule has 2 heterocycles. The molecule has 0 unspecified atom stereocenters. The minimum Gasteiger partial charge on any atom is -0.493 e. The summed E-state index contributed by atoms with van der Waals surface area (Å²) in [5, 5.41) is 18.7. The number of nitrogens with zero attached hydrogens (tertiary/aromatic N) is 3. The number of amides is 1. The summed E-state index contributed by atoms with van der Waals surface area (Å²) in [6.07, 6.45) is -0.945. The third-order valence-electron chi connectivity index (χ3n) is 4.46. The first-order valence-corrected chi connectivity index (χ1v) is 8.79. The van der Waals surface area contributed by atoms with Gasteiger partial charge in [0, 0.05) is 5.39 Å². The van der Waals surface area contributed by atoms with E-state index in [-0.39, 0.29) is 24.7 Å². The standard InChI is InChI=1S/C20H17N3O6/c1-27-17(24)10-23-13-7-3-2-6-12(13)18(20(23)26)21-22-19(25)16-11-28-14-8-4-5-9-15(14)29-16/h2-9,16,26H,10-11H2,1H3/t16-/m1/s1. The van der Waals surface area contributed by atoms with Gasteiger partial charge in [0.2, 0.25) is 12.0 Å². The number of hydrogen-bond donors (Lipinski definition) is 1. The summed E-state index contributed by atoms with van der Waals surface area (Å²) in [5.74, 6) is -0.475. The summed E-state index contributed by atoms with van der Waals surface area (Å²) in [5.41, 5.74) is 0.637. The minimum atomic E-state index is -0.945. The molecule has 0 fully saturated rings. The van der Waals surface area contributed by atoms with Crippen LogP contribution in [-0.4, -0.2) is 41.4 Å². The third-order valence-corrected chi connectivity index (χ3v) is 4.46. The van der Waals surface area contributed by atoms with Crippen LogP contribution >= 0.6 is 0 Å². The normalized spacial score (nSPS) is 15.6. The topological polar surface area (TPSA) is 112 Å². The van der Waals surface area contributed by atoms with Gasteiger partial charge < -0.3 is 19.3 Å². The molecule has 0 bridgehead atoms. The zero-order valence-electron chi connectivity index (χ0n) is 15.4. The SMILES string of the molecule is COC(=O)Cn1c(O)c(N=NC(=O)[C@H]2COc3ccccc3O2)c2ccccc21. The molecule has 1 atom stereocenters. The van der Waals surface area contributed by atoms with Crippen LogP contribution in [0.5, 0.6) is 17.4 Å².